The number of nitrogens with one attached hydrogen (secondary N) is 1. The summed E-state index contributed by atoms with van der Waals surface area (Å²) in [4.78, 5) is 12.3. The van der Waals surface area contributed by atoms with Crippen LogP contribution in [0, 0.1) is 6.92 Å². The summed E-state index contributed by atoms with van der Waals surface area (Å²) in [6, 6.07) is 7.14. The van der Waals surface area contributed by atoms with Crippen molar-refractivity contribution in [2.75, 3.05) is 11.1 Å². The Hall–Kier alpha value is -2.43. The molecule has 4 N–H and O–H groups in total. The molecule has 2 aromatic rings. The fourth-order valence-corrected chi connectivity index (χ4v) is 2.22. The van der Waals surface area contributed by atoms with Crippen LogP contribution >= 0.6 is 0 Å². The summed E-state index contributed by atoms with van der Waals surface area (Å²) in [5.74, 6) is -0.0447. The Morgan fingerprint density at radius 2 is 2.15 bits per heavy atom. The molecule has 0 bridgehead atoms. The second kappa shape index (κ2) is 4.59. The molecule has 0 saturated heterocycles. The highest BCUT2D eigenvalue weighted by molar-refractivity contribution is 6.04. The average Bonchev–Trinajstić information content (AvgIpc) is 3.17. The number of rotatable bonds is 3. The highest BCUT2D eigenvalue weighted by atomic mass is 16.3. The van der Waals surface area contributed by atoms with Crippen molar-refractivity contribution >= 4 is 17.3 Å². The number of anilines is 2. The average molecular weight is 271 g/mol. The number of amides is 1. The van der Waals surface area contributed by atoms with E-state index in [-0.39, 0.29) is 11.7 Å². The van der Waals surface area contributed by atoms with Crippen LogP contribution in [0.15, 0.2) is 30.5 Å². The lowest BCUT2D eigenvalue weighted by Crippen LogP contribution is -2.16. The minimum absolute atomic E-state index is 0.167. The van der Waals surface area contributed by atoms with Crippen molar-refractivity contribution in [2.45, 2.75) is 25.8 Å². The van der Waals surface area contributed by atoms with Gasteiger partial charge in [0.2, 0.25) is 0 Å². The molecule has 1 aliphatic rings. The van der Waals surface area contributed by atoms with Crippen LogP contribution in [0.5, 0.6) is 5.75 Å². The summed E-state index contributed by atoms with van der Waals surface area (Å²) in [5.41, 5.74) is 8.27. The van der Waals surface area contributed by atoms with E-state index in [1.165, 1.54) is 0 Å². The number of nitrogen functional groups attached to an aromatic ring is 1. The van der Waals surface area contributed by atoms with E-state index in [0.29, 0.717) is 23.1 Å². The van der Waals surface area contributed by atoms with Gasteiger partial charge in [-0.3, -0.25) is 4.79 Å². The second-order valence-corrected chi connectivity index (χ2v) is 5.25. The van der Waals surface area contributed by atoms with Crippen LogP contribution in [-0.4, -0.2) is 15.6 Å². The fourth-order valence-electron chi connectivity index (χ4n) is 2.22. The molecular weight excluding hydrogens is 254 g/mol. The number of phenolic OH excluding ortho intramolecular Hbond substituents is 1. The number of nitrogens with zero attached hydrogens (tertiary/aromatic N) is 1. The van der Waals surface area contributed by atoms with Crippen molar-refractivity contribution in [3.63, 3.8) is 0 Å². The van der Waals surface area contributed by atoms with Gasteiger partial charge in [0.15, 0.2) is 0 Å². The molecule has 1 aromatic heterocycles. The molecule has 1 amide bonds. The molecule has 1 aliphatic carbocycles. The van der Waals surface area contributed by atoms with E-state index in [1.54, 1.807) is 37.4 Å². The largest absolute Gasteiger partial charge is 0.508 e. The van der Waals surface area contributed by atoms with Gasteiger partial charge in [0.25, 0.3) is 5.91 Å². The van der Waals surface area contributed by atoms with Gasteiger partial charge in [0, 0.05) is 24.0 Å². The first-order valence-electron chi connectivity index (χ1n) is 6.63. The second-order valence-electron chi connectivity index (χ2n) is 5.25. The van der Waals surface area contributed by atoms with Gasteiger partial charge in [0.1, 0.15) is 11.4 Å². The number of nitrogens with two attached hydrogens (primary N) is 1. The zero-order valence-corrected chi connectivity index (χ0v) is 11.3. The summed E-state index contributed by atoms with van der Waals surface area (Å²) >= 11 is 0. The Morgan fingerprint density at radius 1 is 1.40 bits per heavy atom. The van der Waals surface area contributed by atoms with E-state index in [4.69, 9.17) is 5.73 Å². The molecule has 5 nitrogen and oxygen atoms in total. The van der Waals surface area contributed by atoms with Crippen LogP contribution in [0.4, 0.5) is 11.4 Å². The van der Waals surface area contributed by atoms with Crippen LogP contribution in [0.25, 0.3) is 0 Å². The summed E-state index contributed by atoms with van der Waals surface area (Å²) in [7, 11) is 0. The highest BCUT2D eigenvalue weighted by Crippen LogP contribution is 2.37. The van der Waals surface area contributed by atoms with E-state index in [9.17, 15) is 9.90 Å². The molecule has 3 rings (SSSR count). The van der Waals surface area contributed by atoms with Crippen LogP contribution in [0.3, 0.4) is 0 Å². The predicted molar refractivity (Wildman–Crippen MR) is 77.9 cm³/mol. The van der Waals surface area contributed by atoms with Crippen molar-refractivity contribution in [1.29, 1.82) is 0 Å². The lowest BCUT2D eigenvalue weighted by Gasteiger charge is -2.09. The Balaban J connectivity index is 1.84. The molecule has 5 heteroatoms. The number of carbonyl (C=O) groups is 1. The maximum absolute atomic E-state index is 12.3. The van der Waals surface area contributed by atoms with Gasteiger partial charge in [-0.25, -0.2) is 0 Å². The quantitative estimate of drug-likeness (QED) is 0.802. The standard InChI is InChI=1S/C15H17N3O2/c1-9-2-3-11(7-14(9)19)17-15(20)13-6-10(16)8-18(13)12-4-5-12/h2-3,6-8,12,19H,4-5,16H2,1H3,(H,17,20). The molecule has 0 radical (unpaired) electrons. The SMILES string of the molecule is Cc1ccc(NC(=O)c2cc(N)cn2C2CC2)cc1O. The van der Waals surface area contributed by atoms with Gasteiger partial charge in [-0.1, -0.05) is 6.07 Å². The molecular formula is C15H17N3O2. The molecule has 20 heavy (non-hydrogen) atoms. The minimum Gasteiger partial charge on any atom is -0.508 e. The van der Waals surface area contributed by atoms with Crippen LogP contribution in [0.1, 0.15) is 34.9 Å². The minimum atomic E-state index is -0.211. The summed E-state index contributed by atoms with van der Waals surface area (Å²) in [5, 5.41) is 12.5. The van der Waals surface area contributed by atoms with Gasteiger partial charge in [-0.2, -0.15) is 0 Å². The Labute approximate surface area is 117 Å². The number of hydrogen-bond acceptors (Lipinski definition) is 3. The Kier molecular flexibility index (Phi) is 2.89. The number of aromatic nitrogens is 1. The van der Waals surface area contributed by atoms with E-state index in [1.807, 2.05) is 4.57 Å². The van der Waals surface area contributed by atoms with E-state index in [0.717, 1.165) is 18.4 Å². The number of aryl methyl sites for hydroxylation is 1. The van der Waals surface area contributed by atoms with E-state index < -0.39 is 0 Å². The number of hydrogen-bond donors (Lipinski definition) is 3. The maximum Gasteiger partial charge on any atom is 0.272 e. The van der Waals surface area contributed by atoms with Crippen LogP contribution in [-0.2, 0) is 0 Å². The van der Waals surface area contributed by atoms with Gasteiger partial charge in [-0.05, 0) is 37.5 Å². The maximum atomic E-state index is 12.3. The van der Waals surface area contributed by atoms with Crippen molar-refractivity contribution in [3.8, 4) is 5.75 Å². The zero-order valence-electron chi connectivity index (χ0n) is 11.3. The van der Waals surface area contributed by atoms with Crippen LogP contribution < -0.4 is 11.1 Å². The normalized spacial score (nSPS) is 14.2. The van der Waals surface area contributed by atoms with Gasteiger partial charge in [0.05, 0.1) is 5.69 Å². The van der Waals surface area contributed by atoms with Crippen molar-refractivity contribution in [3.05, 3.63) is 41.7 Å². The van der Waals surface area contributed by atoms with Gasteiger partial charge < -0.3 is 20.7 Å². The van der Waals surface area contributed by atoms with E-state index >= 15 is 0 Å². The lowest BCUT2D eigenvalue weighted by atomic mass is 10.2. The first-order valence-corrected chi connectivity index (χ1v) is 6.63. The predicted octanol–water partition coefficient (Wildman–Crippen LogP) is 2.67. The van der Waals surface area contributed by atoms with Gasteiger partial charge in [-0.15, -0.1) is 0 Å². The molecule has 104 valence electrons. The van der Waals surface area contributed by atoms with Crippen molar-refractivity contribution in [1.82, 2.24) is 4.57 Å². The molecule has 0 spiro atoms. The summed E-state index contributed by atoms with van der Waals surface area (Å²) in [6.07, 6.45) is 3.97. The van der Waals surface area contributed by atoms with Gasteiger partial charge >= 0.3 is 0 Å². The molecule has 1 fully saturated rings. The third-order valence-corrected chi connectivity index (χ3v) is 3.51. The lowest BCUT2D eigenvalue weighted by molar-refractivity contribution is 0.101. The third-order valence-electron chi connectivity index (χ3n) is 3.51. The number of carbonyl (C=O) groups excluding carboxylic acids is 1. The highest BCUT2D eigenvalue weighted by Gasteiger charge is 2.27. The molecule has 1 saturated carbocycles. The first-order chi connectivity index (χ1) is 9.54. The first kappa shape index (κ1) is 12.6. The summed E-state index contributed by atoms with van der Waals surface area (Å²) < 4.78 is 1.93. The van der Waals surface area contributed by atoms with Crippen molar-refractivity contribution in [2.24, 2.45) is 0 Å². The molecule has 0 unspecified atom stereocenters. The Morgan fingerprint density at radius 3 is 2.80 bits per heavy atom. The number of aromatic hydroxyl groups is 1. The molecule has 1 aromatic carbocycles. The van der Waals surface area contributed by atoms with Crippen molar-refractivity contribution < 1.29 is 9.90 Å². The number of phenols is 1. The fraction of sp³-hybridized carbons (Fsp3) is 0.267. The van der Waals surface area contributed by atoms with E-state index in [2.05, 4.69) is 5.32 Å². The smallest absolute Gasteiger partial charge is 0.272 e. The van der Waals surface area contributed by atoms with Crippen LogP contribution in [0.2, 0.25) is 0 Å². The number of benzene rings is 1. The monoisotopic (exact) mass is 271 g/mol. The topological polar surface area (TPSA) is 80.3 Å². The molecule has 1 heterocycles. The molecule has 0 atom stereocenters. The third kappa shape index (κ3) is 2.34. The summed E-state index contributed by atoms with van der Waals surface area (Å²) in [6.45, 7) is 1.81. The Bertz CT molecular complexity index is 672. The zero-order chi connectivity index (χ0) is 14.3. The molecule has 0 aliphatic heterocycles.